The molecule has 0 aromatic carbocycles. The lowest BCUT2D eigenvalue weighted by Crippen LogP contribution is -2.42. The van der Waals surface area contributed by atoms with E-state index in [4.69, 9.17) is 5.26 Å². The molecule has 1 aliphatic rings. The molecule has 2 heterocycles. The molecule has 6 heteroatoms. The lowest BCUT2D eigenvalue weighted by molar-refractivity contribution is -0.117. The largest absolute Gasteiger partial charge is 0.308 e. The monoisotopic (exact) mass is 259 g/mol. The van der Waals surface area contributed by atoms with Crippen LogP contribution in [0.4, 0.5) is 5.82 Å². The van der Waals surface area contributed by atoms with E-state index in [1.54, 1.807) is 6.20 Å². The van der Waals surface area contributed by atoms with Crippen LogP contribution in [0.25, 0.3) is 0 Å². The van der Waals surface area contributed by atoms with Crippen molar-refractivity contribution < 1.29 is 4.79 Å². The highest BCUT2D eigenvalue weighted by atomic mass is 16.2. The number of aromatic nitrogens is 2. The molecule has 0 unspecified atom stereocenters. The summed E-state index contributed by atoms with van der Waals surface area (Å²) in [5, 5.41) is 11.8. The summed E-state index contributed by atoms with van der Waals surface area (Å²) >= 11 is 0. The van der Waals surface area contributed by atoms with E-state index in [-0.39, 0.29) is 11.3 Å². The maximum atomic E-state index is 11.8. The van der Waals surface area contributed by atoms with Crippen molar-refractivity contribution in [2.45, 2.75) is 19.8 Å². The van der Waals surface area contributed by atoms with Crippen LogP contribution in [-0.4, -0.2) is 40.4 Å². The van der Waals surface area contributed by atoms with Crippen molar-refractivity contribution in [2.24, 2.45) is 5.41 Å². The molecule has 1 aromatic rings. The van der Waals surface area contributed by atoms with E-state index in [9.17, 15) is 4.79 Å². The number of carbonyl (C=O) groups is 1. The number of piperidine rings is 1. The third kappa shape index (κ3) is 3.73. The molecule has 6 nitrogen and oxygen atoms in total. The Morgan fingerprint density at radius 1 is 1.53 bits per heavy atom. The van der Waals surface area contributed by atoms with E-state index in [0.29, 0.717) is 12.4 Å². The summed E-state index contributed by atoms with van der Waals surface area (Å²) in [6, 6.07) is 2.35. The van der Waals surface area contributed by atoms with E-state index in [1.165, 1.54) is 12.4 Å². The predicted octanol–water partition coefficient (Wildman–Crippen LogP) is 1.04. The van der Waals surface area contributed by atoms with Gasteiger partial charge in [-0.15, -0.1) is 0 Å². The summed E-state index contributed by atoms with van der Waals surface area (Å²) in [5.41, 5.74) is -0.238. The molecule has 0 aliphatic carbocycles. The molecule has 1 amide bonds. The highest BCUT2D eigenvalue weighted by Crippen LogP contribution is 2.29. The molecule has 1 saturated heterocycles. The van der Waals surface area contributed by atoms with Gasteiger partial charge in [-0.3, -0.25) is 14.7 Å². The highest BCUT2D eigenvalue weighted by molar-refractivity contribution is 5.91. The van der Waals surface area contributed by atoms with Crippen molar-refractivity contribution >= 4 is 11.7 Å². The van der Waals surface area contributed by atoms with Gasteiger partial charge >= 0.3 is 0 Å². The Bertz CT molecular complexity index is 474. The quantitative estimate of drug-likeness (QED) is 0.877. The standard InChI is InChI=1S/C13H17N5O/c1-13(10-14)2-6-18(7-3-13)9-12(19)17-11-8-15-4-5-16-11/h4-5,8H,2-3,6-7,9H2,1H3,(H,16,17,19). The van der Waals surface area contributed by atoms with Gasteiger partial charge in [-0.25, -0.2) is 4.98 Å². The Balaban J connectivity index is 1.80. The number of nitrogens with one attached hydrogen (secondary N) is 1. The van der Waals surface area contributed by atoms with Gasteiger partial charge in [-0.2, -0.15) is 5.26 Å². The molecule has 2 rings (SSSR count). The van der Waals surface area contributed by atoms with Crippen LogP contribution in [0.5, 0.6) is 0 Å². The third-order valence-corrected chi connectivity index (χ3v) is 3.43. The van der Waals surface area contributed by atoms with Crippen molar-refractivity contribution in [1.29, 1.82) is 5.26 Å². The van der Waals surface area contributed by atoms with Gasteiger partial charge in [-0.05, 0) is 19.8 Å². The summed E-state index contributed by atoms with van der Waals surface area (Å²) in [4.78, 5) is 21.8. The maximum Gasteiger partial charge on any atom is 0.239 e. The molecule has 0 bridgehead atoms. The van der Waals surface area contributed by atoms with Crippen LogP contribution in [0.2, 0.25) is 0 Å². The summed E-state index contributed by atoms with van der Waals surface area (Å²) < 4.78 is 0. The first-order chi connectivity index (χ1) is 9.11. The fraction of sp³-hybridized carbons (Fsp3) is 0.538. The molecular formula is C13H17N5O. The number of anilines is 1. The van der Waals surface area contributed by atoms with Gasteiger partial charge in [0.15, 0.2) is 5.82 Å². The fourth-order valence-corrected chi connectivity index (χ4v) is 2.07. The zero-order valence-corrected chi connectivity index (χ0v) is 11.0. The van der Waals surface area contributed by atoms with Crippen molar-refractivity contribution in [3.63, 3.8) is 0 Å². The predicted molar refractivity (Wildman–Crippen MR) is 70.1 cm³/mol. The van der Waals surface area contributed by atoms with E-state index >= 15 is 0 Å². The summed E-state index contributed by atoms with van der Waals surface area (Å²) in [7, 11) is 0. The van der Waals surface area contributed by atoms with Gasteiger partial charge in [-0.1, -0.05) is 0 Å². The van der Waals surface area contributed by atoms with Crippen LogP contribution in [0, 0.1) is 16.7 Å². The van der Waals surface area contributed by atoms with Gasteiger partial charge in [0.25, 0.3) is 0 Å². The number of hydrogen-bond acceptors (Lipinski definition) is 5. The molecule has 0 atom stereocenters. The van der Waals surface area contributed by atoms with Gasteiger partial charge in [0, 0.05) is 25.5 Å². The highest BCUT2D eigenvalue weighted by Gasteiger charge is 2.30. The number of nitrogens with zero attached hydrogens (tertiary/aromatic N) is 4. The van der Waals surface area contributed by atoms with E-state index < -0.39 is 0 Å². The first kappa shape index (κ1) is 13.4. The molecule has 1 aliphatic heterocycles. The normalized spacial score (nSPS) is 18.5. The molecule has 1 fully saturated rings. The first-order valence-electron chi connectivity index (χ1n) is 6.31. The topological polar surface area (TPSA) is 81.9 Å². The van der Waals surface area contributed by atoms with Crippen molar-refractivity contribution in [1.82, 2.24) is 14.9 Å². The zero-order valence-electron chi connectivity index (χ0n) is 11.0. The zero-order chi connectivity index (χ0) is 13.7. The molecule has 0 radical (unpaired) electrons. The Morgan fingerprint density at radius 2 is 2.26 bits per heavy atom. The van der Waals surface area contributed by atoms with Crippen molar-refractivity contribution in [3.05, 3.63) is 18.6 Å². The first-order valence-corrected chi connectivity index (χ1v) is 6.31. The van der Waals surface area contributed by atoms with Crippen LogP contribution < -0.4 is 5.32 Å². The Kier molecular flexibility index (Phi) is 4.07. The second-order valence-electron chi connectivity index (χ2n) is 5.09. The number of carbonyl (C=O) groups excluding carboxylic acids is 1. The van der Waals surface area contributed by atoms with Crippen molar-refractivity contribution in [3.8, 4) is 6.07 Å². The molecule has 1 aromatic heterocycles. The fourth-order valence-electron chi connectivity index (χ4n) is 2.07. The molecule has 1 N–H and O–H groups in total. The smallest absolute Gasteiger partial charge is 0.239 e. The van der Waals surface area contributed by atoms with E-state index in [2.05, 4.69) is 26.3 Å². The molecule has 0 saturated carbocycles. The minimum absolute atomic E-state index is 0.0962. The molecular weight excluding hydrogens is 242 g/mol. The van der Waals surface area contributed by atoms with Gasteiger partial charge in [0.1, 0.15) is 0 Å². The minimum atomic E-state index is -0.238. The Labute approximate surface area is 112 Å². The second kappa shape index (κ2) is 5.76. The Hall–Kier alpha value is -2.00. The molecule has 19 heavy (non-hydrogen) atoms. The van der Waals surface area contributed by atoms with Gasteiger partial charge in [0.05, 0.1) is 24.2 Å². The summed E-state index contributed by atoms with van der Waals surface area (Å²) in [6.07, 6.45) is 6.22. The van der Waals surface area contributed by atoms with Crippen LogP contribution in [0.3, 0.4) is 0 Å². The SMILES string of the molecule is CC1(C#N)CCN(CC(=O)Nc2cnccn2)CC1. The average molecular weight is 259 g/mol. The molecule has 100 valence electrons. The lowest BCUT2D eigenvalue weighted by atomic mass is 9.82. The number of amides is 1. The van der Waals surface area contributed by atoms with Crippen LogP contribution in [-0.2, 0) is 4.79 Å². The van der Waals surface area contributed by atoms with E-state index in [0.717, 1.165) is 25.9 Å². The third-order valence-electron chi connectivity index (χ3n) is 3.43. The second-order valence-corrected chi connectivity index (χ2v) is 5.09. The number of likely N-dealkylation sites (tertiary alicyclic amines) is 1. The maximum absolute atomic E-state index is 11.8. The van der Waals surface area contributed by atoms with E-state index in [1.807, 2.05) is 6.92 Å². The van der Waals surface area contributed by atoms with Crippen LogP contribution in [0.1, 0.15) is 19.8 Å². The minimum Gasteiger partial charge on any atom is -0.308 e. The lowest BCUT2D eigenvalue weighted by Gasteiger charge is -2.34. The van der Waals surface area contributed by atoms with Gasteiger partial charge < -0.3 is 5.32 Å². The summed E-state index contributed by atoms with van der Waals surface area (Å²) in [5.74, 6) is 0.368. The number of rotatable bonds is 3. The average Bonchev–Trinajstić information content (AvgIpc) is 2.43. The molecule has 0 spiro atoms. The van der Waals surface area contributed by atoms with Crippen LogP contribution >= 0.6 is 0 Å². The van der Waals surface area contributed by atoms with Crippen molar-refractivity contribution in [2.75, 3.05) is 25.0 Å². The number of nitriles is 1. The number of hydrogen-bond donors (Lipinski definition) is 1. The summed E-state index contributed by atoms with van der Waals surface area (Å²) in [6.45, 7) is 3.86. The van der Waals surface area contributed by atoms with Crippen LogP contribution in [0.15, 0.2) is 18.6 Å². The Morgan fingerprint density at radius 3 is 2.84 bits per heavy atom. The van der Waals surface area contributed by atoms with Gasteiger partial charge in [0.2, 0.25) is 5.91 Å².